The molecular weight excluding hydrogens is 260 g/mol. The van der Waals surface area contributed by atoms with Gasteiger partial charge in [-0.3, -0.25) is 0 Å². The van der Waals surface area contributed by atoms with Crippen LogP contribution < -0.4 is 10.1 Å². The van der Waals surface area contributed by atoms with Gasteiger partial charge in [0.15, 0.2) is 5.15 Å². The van der Waals surface area contributed by atoms with E-state index >= 15 is 0 Å². The summed E-state index contributed by atoms with van der Waals surface area (Å²) >= 11 is 6.12. The van der Waals surface area contributed by atoms with Crippen molar-refractivity contribution in [2.24, 2.45) is 0 Å². The second kappa shape index (κ2) is 5.93. The Morgan fingerprint density at radius 2 is 2.11 bits per heavy atom. The van der Waals surface area contributed by atoms with E-state index in [-0.39, 0.29) is 6.04 Å². The van der Waals surface area contributed by atoms with Gasteiger partial charge < -0.3 is 10.1 Å². The highest BCUT2D eigenvalue weighted by Gasteiger charge is 2.11. The molecule has 2 aromatic rings. The van der Waals surface area contributed by atoms with E-state index in [0.717, 1.165) is 22.6 Å². The Kier molecular flexibility index (Phi) is 4.27. The van der Waals surface area contributed by atoms with Crippen molar-refractivity contribution in [3.05, 3.63) is 52.8 Å². The lowest BCUT2D eigenvalue weighted by Gasteiger charge is -2.18. The number of aromatic nitrogens is 1. The van der Waals surface area contributed by atoms with Crippen LogP contribution in [0.5, 0.6) is 5.75 Å². The third kappa shape index (κ3) is 3.18. The molecule has 0 fully saturated rings. The predicted molar refractivity (Wildman–Crippen MR) is 79.0 cm³/mol. The highest BCUT2D eigenvalue weighted by Crippen LogP contribution is 2.28. The van der Waals surface area contributed by atoms with Crippen LogP contribution in [0.1, 0.15) is 24.1 Å². The first-order valence-electron chi connectivity index (χ1n) is 6.13. The van der Waals surface area contributed by atoms with Gasteiger partial charge in [0.25, 0.3) is 0 Å². The van der Waals surface area contributed by atoms with Crippen LogP contribution in [-0.2, 0) is 0 Å². The van der Waals surface area contributed by atoms with Crippen molar-refractivity contribution in [3.8, 4) is 5.75 Å². The van der Waals surface area contributed by atoms with Crippen LogP contribution in [0.15, 0.2) is 36.5 Å². The van der Waals surface area contributed by atoms with Gasteiger partial charge in [-0.05, 0) is 43.2 Å². The third-order valence-corrected chi connectivity index (χ3v) is 3.35. The van der Waals surface area contributed by atoms with Crippen LogP contribution in [0.25, 0.3) is 0 Å². The van der Waals surface area contributed by atoms with Gasteiger partial charge in [-0.15, -0.1) is 0 Å². The standard InChI is InChI=1S/C15H17ClN2O/c1-10-7-8-17-15(16)14(10)18-11(2)12-5-4-6-13(9-12)19-3/h4-9,11,18H,1-3H3. The summed E-state index contributed by atoms with van der Waals surface area (Å²) < 4.78 is 5.24. The normalized spacial score (nSPS) is 12.0. The van der Waals surface area contributed by atoms with E-state index in [9.17, 15) is 0 Å². The molecule has 0 bridgehead atoms. The molecule has 0 amide bonds. The molecule has 1 unspecified atom stereocenters. The fraction of sp³-hybridized carbons (Fsp3) is 0.267. The SMILES string of the molecule is COc1cccc(C(C)Nc2c(C)ccnc2Cl)c1. The molecule has 0 spiro atoms. The summed E-state index contributed by atoms with van der Waals surface area (Å²) in [5.41, 5.74) is 3.09. The van der Waals surface area contributed by atoms with E-state index < -0.39 is 0 Å². The average molecular weight is 277 g/mol. The smallest absolute Gasteiger partial charge is 0.152 e. The van der Waals surface area contributed by atoms with Gasteiger partial charge in [0.1, 0.15) is 5.75 Å². The number of methoxy groups -OCH3 is 1. The number of benzene rings is 1. The molecule has 1 aromatic carbocycles. The molecule has 0 radical (unpaired) electrons. The number of hydrogen-bond acceptors (Lipinski definition) is 3. The summed E-state index contributed by atoms with van der Waals surface area (Å²) in [6.07, 6.45) is 1.71. The number of nitrogens with zero attached hydrogens (tertiary/aromatic N) is 1. The van der Waals surface area contributed by atoms with Gasteiger partial charge in [0, 0.05) is 12.2 Å². The topological polar surface area (TPSA) is 34.1 Å². The Hall–Kier alpha value is -1.74. The fourth-order valence-corrected chi connectivity index (χ4v) is 2.17. The number of nitrogens with one attached hydrogen (secondary N) is 1. The predicted octanol–water partition coefficient (Wildman–Crippen LogP) is 4.23. The molecule has 100 valence electrons. The minimum atomic E-state index is 0.121. The summed E-state index contributed by atoms with van der Waals surface area (Å²) in [4.78, 5) is 4.10. The van der Waals surface area contributed by atoms with E-state index in [2.05, 4.69) is 23.3 Å². The van der Waals surface area contributed by atoms with Gasteiger partial charge in [-0.2, -0.15) is 0 Å². The zero-order chi connectivity index (χ0) is 13.8. The fourth-order valence-electron chi connectivity index (χ4n) is 1.91. The number of anilines is 1. The molecule has 4 heteroatoms. The first-order valence-corrected chi connectivity index (χ1v) is 6.51. The Morgan fingerprint density at radius 3 is 2.79 bits per heavy atom. The maximum Gasteiger partial charge on any atom is 0.152 e. The van der Waals surface area contributed by atoms with E-state index in [1.54, 1.807) is 13.3 Å². The average Bonchev–Trinajstić information content (AvgIpc) is 2.43. The highest BCUT2D eigenvalue weighted by atomic mass is 35.5. The van der Waals surface area contributed by atoms with Crippen LogP contribution in [0.2, 0.25) is 5.15 Å². The van der Waals surface area contributed by atoms with Crippen molar-refractivity contribution in [3.63, 3.8) is 0 Å². The molecule has 3 nitrogen and oxygen atoms in total. The molecule has 0 saturated heterocycles. The zero-order valence-electron chi connectivity index (χ0n) is 11.3. The third-order valence-electron chi connectivity index (χ3n) is 3.07. The number of ether oxygens (including phenoxy) is 1. The molecule has 19 heavy (non-hydrogen) atoms. The van der Waals surface area contributed by atoms with Crippen molar-refractivity contribution < 1.29 is 4.74 Å². The number of aryl methyl sites for hydroxylation is 1. The van der Waals surface area contributed by atoms with Gasteiger partial charge in [-0.1, -0.05) is 23.7 Å². The summed E-state index contributed by atoms with van der Waals surface area (Å²) in [6, 6.07) is 10.0. The maximum atomic E-state index is 6.12. The number of pyridine rings is 1. The molecule has 2 rings (SSSR count). The monoisotopic (exact) mass is 276 g/mol. The summed E-state index contributed by atoms with van der Waals surface area (Å²) in [5, 5.41) is 3.89. The molecular formula is C15H17ClN2O. The largest absolute Gasteiger partial charge is 0.497 e. The molecule has 1 heterocycles. The van der Waals surface area contributed by atoms with E-state index in [1.807, 2.05) is 31.2 Å². The van der Waals surface area contributed by atoms with Gasteiger partial charge >= 0.3 is 0 Å². The minimum absolute atomic E-state index is 0.121. The summed E-state index contributed by atoms with van der Waals surface area (Å²) in [6.45, 7) is 4.09. The van der Waals surface area contributed by atoms with Gasteiger partial charge in [-0.25, -0.2) is 4.98 Å². The summed E-state index contributed by atoms with van der Waals surface area (Å²) in [5.74, 6) is 0.847. The summed E-state index contributed by atoms with van der Waals surface area (Å²) in [7, 11) is 1.67. The van der Waals surface area contributed by atoms with Crippen molar-refractivity contribution >= 4 is 17.3 Å². The number of rotatable bonds is 4. The Morgan fingerprint density at radius 1 is 1.32 bits per heavy atom. The zero-order valence-corrected chi connectivity index (χ0v) is 12.0. The maximum absolute atomic E-state index is 6.12. The van der Waals surface area contributed by atoms with Crippen LogP contribution >= 0.6 is 11.6 Å². The second-order valence-electron chi connectivity index (χ2n) is 4.44. The van der Waals surface area contributed by atoms with Crippen LogP contribution in [-0.4, -0.2) is 12.1 Å². The van der Waals surface area contributed by atoms with E-state index in [4.69, 9.17) is 16.3 Å². The Balaban J connectivity index is 2.23. The molecule has 0 aliphatic carbocycles. The molecule has 1 N–H and O–H groups in total. The van der Waals surface area contributed by atoms with Crippen LogP contribution in [0.4, 0.5) is 5.69 Å². The van der Waals surface area contributed by atoms with E-state index in [1.165, 1.54) is 0 Å². The number of hydrogen-bond donors (Lipinski definition) is 1. The first-order chi connectivity index (χ1) is 9.11. The molecule has 0 aliphatic rings. The first kappa shape index (κ1) is 13.7. The van der Waals surface area contributed by atoms with Crippen LogP contribution in [0, 0.1) is 6.92 Å². The second-order valence-corrected chi connectivity index (χ2v) is 4.79. The molecule has 0 aliphatic heterocycles. The lowest BCUT2D eigenvalue weighted by atomic mass is 10.1. The van der Waals surface area contributed by atoms with Gasteiger partial charge in [0.2, 0.25) is 0 Å². The molecule has 1 atom stereocenters. The lowest BCUT2D eigenvalue weighted by molar-refractivity contribution is 0.414. The lowest BCUT2D eigenvalue weighted by Crippen LogP contribution is -2.08. The van der Waals surface area contributed by atoms with Crippen molar-refractivity contribution in [2.75, 3.05) is 12.4 Å². The van der Waals surface area contributed by atoms with Crippen molar-refractivity contribution in [1.82, 2.24) is 4.98 Å². The minimum Gasteiger partial charge on any atom is -0.497 e. The van der Waals surface area contributed by atoms with Gasteiger partial charge in [0.05, 0.1) is 12.8 Å². The van der Waals surface area contributed by atoms with Crippen LogP contribution in [0.3, 0.4) is 0 Å². The Labute approximate surface area is 118 Å². The molecule has 1 aromatic heterocycles. The number of halogens is 1. The van der Waals surface area contributed by atoms with E-state index in [0.29, 0.717) is 5.15 Å². The highest BCUT2D eigenvalue weighted by molar-refractivity contribution is 6.32. The Bertz CT molecular complexity index is 552. The van der Waals surface area contributed by atoms with Crippen molar-refractivity contribution in [2.45, 2.75) is 19.9 Å². The quantitative estimate of drug-likeness (QED) is 0.849. The molecule has 0 saturated carbocycles. The van der Waals surface area contributed by atoms with Crippen molar-refractivity contribution in [1.29, 1.82) is 0 Å².